The lowest BCUT2D eigenvalue weighted by Gasteiger charge is -2.25. The molecule has 4 heteroatoms. The number of rotatable bonds is 6. The molecule has 0 aromatic carbocycles. The molecule has 4 nitrogen and oxygen atoms in total. The van der Waals surface area contributed by atoms with Gasteiger partial charge in [-0.05, 0) is 37.5 Å². The van der Waals surface area contributed by atoms with Gasteiger partial charge in [0.25, 0.3) is 0 Å². The van der Waals surface area contributed by atoms with Gasteiger partial charge in [-0.25, -0.2) is 0 Å². The molecule has 1 aromatic rings. The van der Waals surface area contributed by atoms with Gasteiger partial charge in [0.15, 0.2) is 0 Å². The molecule has 0 aliphatic heterocycles. The molecular formula is C14H21N3O. The van der Waals surface area contributed by atoms with E-state index in [1.807, 2.05) is 31.0 Å². The molecule has 1 amide bonds. The molecule has 0 saturated heterocycles. The predicted octanol–water partition coefficient (Wildman–Crippen LogP) is 1.74. The Kier molecular flexibility index (Phi) is 4.31. The van der Waals surface area contributed by atoms with Crippen LogP contribution in [0.5, 0.6) is 0 Å². The zero-order valence-electron chi connectivity index (χ0n) is 11.1. The van der Waals surface area contributed by atoms with Gasteiger partial charge in [0.05, 0.1) is 6.04 Å². The van der Waals surface area contributed by atoms with Crippen molar-refractivity contribution in [3.8, 4) is 0 Å². The van der Waals surface area contributed by atoms with E-state index in [1.165, 1.54) is 12.8 Å². The van der Waals surface area contributed by atoms with E-state index < -0.39 is 0 Å². The summed E-state index contributed by atoms with van der Waals surface area (Å²) in [4.78, 5) is 17.8. The van der Waals surface area contributed by atoms with Crippen molar-refractivity contribution in [3.05, 3.63) is 30.1 Å². The number of amides is 1. The van der Waals surface area contributed by atoms with Gasteiger partial charge >= 0.3 is 0 Å². The Labute approximate surface area is 108 Å². The summed E-state index contributed by atoms with van der Waals surface area (Å²) < 4.78 is 0. The number of pyridine rings is 1. The van der Waals surface area contributed by atoms with E-state index in [1.54, 1.807) is 12.4 Å². The Morgan fingerprint density at radius 2 is 2.17 bits per heavy atom. The standard InChI is InChI=1S/C14H21N3O/c1-11(12-5-8-15-9-6-12)17(2)14(18)7-10-16-13-3-4-13/h5-6,8-9,11,13,16H,3-4,7,10H2,1-2H3. The molecule has 1 fully saturated rings. The number of nitrogens with one attached hydrogen (secondary N) is 1. The highest BCUT2D eigenvalue weighted by molar-refractivity contribution is 5.76. The topological polar surface area (TPSA) is 45.2 Å². The van der Waals surface area contributed by atoms with Crippen molar-refractivity contribution in [2.45, 2.75) is 38.3 Å². The highest BCUT2D eigenvalue weighted by atomic mass is 16.2. The highest BCUT2D eigenvalue weighted by Crippen LogP contribution is 2.20. The van der Waals surface area contributed by atoms with Crippen molar-refractivity contribution in [1.29, 1.82) is 0 Å². The summed E-state index contributed by atoms with van der Waals surface area (Å²) in [6.07, 6.45) is 6.62. The van der Waals surface area contributed by atoms with Gasteiger partial charge in [-0.3, -0.25) is 9.78 Å². The molecule has 1 unspecified atom stereocenters. The fraction of sp³-hybridized carbons (Fsp3) is 0.571. The lowest BCUT2D eigenvalue weighted by atomic mass is 10.1. The monoisotopic (exact) mass is 247 g/mol. The third kappa shape index (κ3) is 3.53. The highest BCUT2D eigenvalue weighted by Gasteiger charge is 2.21. The van der Waals surface area contributed by atoms with Crippen LogP contribution in [0.4, 0.5) is 0 Å². The molecule has 1 heterocycles. The van der Waals surface area contributed by atoms with Crippen LogP contribution in [0.1, 0.15) is 37.8 Å². The molecule has 1 aromatic heterocycles. The van der Waals surface area contributed by atoms with Crippen LogP contribution in [-0.2, 0) is 4.79 Å². The Bertz CT molecular complexity index is 389. The van der Waals surface area contributed by atoms with Crippen molar-refractivity contribution in [3.63, 3.8) is 0 Å². The van der Waals surface area contributed by atoms with Crippen molar-refractivity contribution >= 4 is 5.91 Å². The average Bonchev–Trinajstić information content (AvgIpc) is 3.22. The smallest absolute Gasteiger partial charge is 0.224 e. The van der Waals surface area contributed by atoms with Gasteiger partial charge in [0.1, 0.15) is 0 Å². The van der Waals surface area contributed by atoms with Crippen LogP contribution in [-0.4, -0.2) is 35.4 Å². The summed E-state index contributed by atoms with van der Waals surface area (Å²) in [5, 5.41) is 3.36. The second-order valence-electron chi connectivity index (χ2n) is 4.94. The zero-order chi connectivity index (χ0) is 13.0. The van der Waals surface area contributed by atoms with Crippen LogP contribution in [0.25, 0.3) is 0 Å². The van der Waals surface area contributed by atoms with E-state index in [0.29, 0.717) is 12.5 Å². The molecule has 1 saturated carbocycles. The first kappa shape index (κ1) is 13.0. The Morgan fingerprint density at radius 3 is 2.78 bits per heavy atom. The van der Waals surface area contributed by atoms with Gasteiger partial charge in [0.2, 0.25) is 5.91 Å². The average molecular weight is 247 g/mol. The lowest BCUT2D eigenvalue weighted by molar-refractivity contribution is -0.131. The third-order valence-corrected chi connectivity index (χ3v) is 3.51. The van der Waals surface area contributed by atoms with Gasteiger partial charge < -0.3 is 10.2 Å². The second kappa shape index (κ2) is 5.96. The number of nitrogens with zero attached hydrogens (tertiary/aromatic N) is 2. The Balaban J connectivity index is 1.81. The molecular weight excluding hydrogens is 226 g/mol. The molecule has 1 aliphatic rings. The third-order valence-electron chi connectivity index (χ3n) is 3.51. The minimum Gasteiger partial charge on any atom is -0.339 e. The van der Waals surface area contributed by atoms with Gasteiger partial charge in [0, 0.05) is 38.4 Å². The van der Waals surface area contributed by atoms with Crippen molar-refractivity contribution in [2.24, 2.45) is 0 Å². The molecule has 0 bridgehead atoms. The molecule has 98 valence electrons. The van der Waals surface area contributed by atoms with Gasteiger partial charge in [-0.15, -0.1) is 0 Å². The van der Waals surface area contributed by atoms with E-state index >= 15 is 0 Å². The minimum absolute atomic E-state index is 0.0985. The normalized spacial score (nSPS) is 16.3. The van der Waals surface area contributed by atoms with Crippen LogP contribution in [0.3, 0.4) is 0 Å². The summed E-state index contributed by atoms with van der Waals surface area (Å²) in [5.74, 6) is 0.187. The molecule has 0 spiro atoms. The largest absolute Gasteiger partial charge is 0.339 e. The Hall–Kier alpha value is -1.42. The first-order valence-corrected chi connectivity index (χ1v) is 6.57. The lowest BCUT2D eigenvalue weighted by Crippen LogP contribution is -2.32. The fourth-order valence-corrected chi connectivity index (χ4v) is 1.93. The molecule has 2 rings (SSSR count). The first-order chi connectivity index (χ1) is 8.68. The number of hydrogen-bond donors (Lipinski definition) is 1. The number of aromatic nitrogens is 1. The predicted molar refractivity (Wildman–Crippen MR) is 71.1 cm³/mol. The van der Waals surface area contributed by atoms with Crippen LogP contribution >= 0.6 is 0 Å². The van der Waals surface area contributed by atoms with Crippen LogP contribution in [0.2, 0.25) is 0 Å². The molecule has 18 heavy (non-hydrogen) atoms. The maximum Gasteiger partial charge on any atom is 0.224 e. The zero-order valence-corrected chi connectivity index (χ0v) is 11.1. The van der Waals surface area contributed by atoms with E-state index in [0.717, 1.165) is 12.1 Å². The van der Waals surface area contributed by atoms with Gasteiger partial charge in [-0.1, -0.05) is 0 Å². The SMILES string of the molecule is CC(c1ccncc1)N(C)C(=O)CCNC1CC1. The quantitative estimate of drug-likeness (QED) is 0.833. The summed E-state index contributed by atoms with van der Waals surface area (Å²) in [7, 11) is 1.87. The summed E-state index contributed by atoms with van der Waals surface area (Å²) >= 11 is 0. The maximum atomic E-state index is 12.0. The van der Waals surface area contributed by atoms with Crippen LogP contribution in [0.15, 0.2) is 24.5 Å². The first-order valence-electron chi connectivity index (χ1n) is 6.57. The fourth-order valence-electron chi connectivity index (χ4n) is 1.93. The van der Waals surface area contributed by atoms with Crippen molar-refractivity contribution in [1.82, 2.24) is 15.2 Å². The molecule has 1 aliphatic carbocycles. The molecule has 1 atom stereocenters. The van der Waals surface area contributed by atoms with Gasteiger partial charge in [-0.2, -0.15) is 0 Å². The minimum atomic E-state index is 0.0985. The molecule has 0 radical (unpaired) electrons. The van der Waals surface area contributed by atoms with E-state index in [-0.39, 0.29) is 11.9 Å². The van der Waals surface area contributed by atoms with Crippen molar-refractivity contribution < 1.29 is 4.79 Å². The van der Waals surface area contributed by atoms with E-state index in [2.05, 4.69) is 10.3 Å². The number of carbonyl (C=O) groups excluding carboxylic acids is 1. The maximum absolute atomic E-state index is 12.0. The summed E-state index contributed by atoms with van der Waals surface area (Å²) in [5.41, 5.74) is 1.12. The summed E-state index contributed by atoms with van der Waals surface area (Å²) in [6, 6.07) is 4.68. The summed E-state index contributed by atoms with van der Waals surface area (Å²) in [6.45, 7) is 2.83. The Morgan fingerprint density at radius 1 is 1.50 bits per heavy atom. The van der Waals surface area contributed by atoms with Crippen LogP contribution < -0.4 is 5.32 Å². The van der Waals surface area contributed by atoms with Crippen molar-refractivity contribution in [2.75, 3.05) is 13.6 Å². The number of carbonyl (C=O) groups is 1. The molecule has 1 N–H and O–H groups in total. The van der Waals surface area contributed by atoms with E-state index in [4.69, 9.17) is 0 Å². The second-order valence-corrected chi connectivity index (χ2v) is 4.94. The number of hydrogen-bond acceptors (Lipinski definition) is 3. The van der Waals surface area contributed by atoms with Crippen LogP contribution in [0, 0.1) is 0 Å². The van der Waals surface area contributed by atoms with E-state index in [9.17, 15) is 4.79 Å².